The van der Waals surface area contributed by atoms with Crippen molar-refractivity contribution in [3.63, 3.8) is 0 Å². The number of carbonyl (C=O) groups is 1. The van der Waals surface area contributed by atoms with Crippen LogP contribution in [0.2, 0.25) is 0 Å². The molecule has 1 aliphatic carbocycles. The van der Waals surface area contributed by atoms with Crippen molar-refractivity contribution in [1.29, 1.82) is 5.26 Å². The minimum Gasteiger partial charge on any atom is -0.315 e. The Morgan fingerprint density at radius 3 is 2.86 bits per heavy atom. The lowest BCUT2D eigenvalue weighted by atomic mass is 9.93. The van der Waals surface area contributed by atoms with Crippen molar-refractivity contribution in [2.24, 2.45) is 0 Å². The monoisotopic (exact) mass is 419 g/mol. The van der Waals surface area contributed by atoms with Crippen LogP contribution in [-0.2, 0) is 24.1 Å². The van der Waals surface area contributed by atoms with Crippen LogP contribution in [-0.4, -0.2) is 23.9 Å². The van der Waals surface area contributed by atoms with Gasteiger partial charge >= 0.3 is 0 Å². The zero-order valence-corrected chi connectivity index (χ0v) is 17.6. The summed E-state index contributed by atoms with van der Waals surface area (Å²) in [6.45, 7) is 1.18. The van der Waals surface area contributed by atoms with Gasteiger partial charge < -0.3 is 5.32 Å². The molecular formula is C23H21N3OS2. The third kappa shape index (κ3) is 3.40. The molecule has 0 saturated carbocycles. The number of fused-ring (bicyclic) bond motifs is 2. The maximum absolute atomic E-state index is 12.9. The molecule has 0 spiro atoms. The van der Waals surface area contributed by atoms with Crippen LogP contribution in [0.5, 0.6) is 0 Å². The van der Waals surface area contributed by atoms with E-state index in [1.54, 1.807) is 22.7 Å². The largest absolute Gasteiger partial charge is 0.315 e. The molecule has 0 radical (unpaired) electrons. The first-order valence-electron chi connectivity index (χ1n) is 9.94. The van der Waals surface area contributed by atoms with Gasteiger partial charge in [-0.15, -0.1) is 22.7 Å². The number of hydrogen-bond acceptors (Lipinski definition) is 5. The zero-order valence-electron chi connectivity index (χ0n) is 16.0. The Morgan fingerprint density at radius 1 is 1.17 bits per heavy atom. The molecule has 3 heterocycles. The normalized spacial score (nSPS) is 18.1. The Morgan fingerprint density at radius 2 is 2.03 bits per heavy atom. The zero-order chi connectivity index (χ0) is 19.8. The number of hydrogen-bond donors (Lipinski definition) is 1. The van der Waals surface area contributed by atoms with Crippen LogP contribution in [0.25, 0.3) is 0 Å². The van der Waals surface area contributed by atoms with Gasteiger partial charge in [0.1, 0.15) is 11.1 Å². The van der Waals surface area contributed by atoms with E-state index in [2.05, 4.69) is 52.0 Å². The quantitative estimate of drug-likeness (QED) is 0.664. The molecule has 2 aromatic heterocycles. The second-order valence-electron chi connectivity index (χ2n) is 7.55. The van der Waals surface area contributed by atoms with E-state index in [-0.39, 0.29) is 11.9 Å². The molecule has 1 amide bonds. The Hall–Kier alpha value is -2.46. The Balaban J connectivity index is 1.38. The van der Waals surface area contributed by atoms with E-state index in [4.69, 9.17) is 0 Å². The Bertz CT molecular complexity index is 1090. The molecule has 1 aliphatic heterocycles. The maximum Gasteiger partial charge on any atom is 0.239 e. The van der Waals surface area contributed by atoms with Gasteiger partial charge in [-0.05, 0) is 53.8 Å². The summed E-state index contributed by atoms with van der Waals surface area (Å²) in [5.74, 6) is -0.0407. The lowest BCUT2D eigenvalue weighted by Crippen LogP contribution is -2.40. The first-order valence-corrected chi connectivity index (χ1v) is 11.6. The van der Waals surface area contributed by atoms with Gasteiger partial charge in [-0.2, -0.15) is 5.26 Å². The highest BCUT2D eigenvalue weighted by Crippen LogP contribution is 2.39. The van der Waals surface area contributed by atoms with Gasteiger partial charge in [0.05, 0.1) is 18.2 Å². The molecule has 1 N–H and O–H groups in total. The van der Waals surface area contributed by atoms with Gasteiger partial charge in [0.25, 0.3) is 0 Å². The van der Waals surface area contributed by atoms with Crippen LogP contribution in [0.4, 0.5) is 5.00 Å². The SMILES string of the molecule is N#Cc1c(NC(=O)CN2CCc3sccc3[C@H]2c2ccccc2)sc2c1CCC2. The first-order chi connectivity index (χ1) is 14.2. The molecule has 6 heteroatoms. The minimum atomic E-state index is -0.0407. The van der Waals surface area contributed by atoms with Gasteiger partial charge in [0, 0.05) is 16.3 Å². The van der Waals surface area contributed by atoms with Crippen LogP contribution < -0.4 is 5.32 Å². The highest BCUT2D eigenvalue weighted by Gasteiger charge is 2.31. The topological polar surface area (TPSA) is 56.1 Å². The Labute approximate surface area is 178 Å². The Kier molecular flexibility index (Phi) is 4.96. The highest BCUT2D eigenvalue weighted by molar-refractivity contribution is 7.16. The number of nitrogens with one attached hydrogen (secondary N) is 1. The number of nitriles is 1. The number of benzene rings is 1. The molecule has 4 nitrogen and oxygen atoms in total. The van der Waals surface area contributed by atoms with Gasteiger partial charge in [-0.3, -0.25) is 9.69 Å². The molecular weight excluding hydrogens is 398 g/mol. The molecule has 0 saturated heterocycles. The molecule has 29 heavy (non-hydrogen) atoms. The van der Waals surface area contributed by atoms with E-state index < -0.39 is 0 Å². The van der Waals surface area contributed by atoms with Gasteiger partial charge in [0.2, 0.25) is 5.91 Å². The molecule has 3 aromatic rings. The van der Waals surface area contributed by atoms with Crippen LogP contribution in [0.15, 0.2) is 41.8 Å². The van der Waals surface area contributed by atoms with Crippen LogP contribution in [0.3, 0.4) is 0 Å². The highest BCUT2D eigenvalue weighted by atomic mass is 32.1. The van der Waals surface area contributed by atoms with E-state index in [1.165, 1.54) is 20.9 Å². The average molecular weight is 420 g/mol. The number of nitrogens with zero attached hydrogens (tertiary/aromatic N) is 2. The summed E-state index contributed by atoms with van der Waals surface area (Å²) in [7, 11) is 0. The van der Waals surface area contributed by atoms with Crippen molar-refractivity contribution < 1.29 is 4.79 Å². The molecule has 5 rings (SSSR count). The molecule has 2 aliphatic rings. The van der Waals surface area contributed by atoms with Crippen LogP contribution >= 0.6 is 22.7 Å². The van der Waals surface area contributed by atoms with Crippen molar-refractivity contribution >= 4 is 33.6 Å². The summed E-state index contributed by atoms with van der Waals surface area (Å²) in [5, 5.41) is 15.5. The summed E-state index contributed by atoms with van der Waals surface area (Å²) < 4.78 is 0. The molecule has 0 bridgehead atoms. The second-order valence-corrected chi connectivity index (χ2v) is 9.66. The predicted octanol–water partition coefficient (Wildman–Crippen LogP) is 4.76. The number of carbonyl (C=O) groups excluding carboxylic acids is 1. The van der Waals surface area contributed by atoms with Gasteiger partial charge in [-0.25, -0.2) is 0 Å². The summed E-state index contributed by atoms with van der Waals surface area (Å²) >= 11 is 3.38. The van der Waals surface area contributed by atoms with Crippen molar-refractivity contribution in [2.75, 3.05) is 18.4 Å². The number of amides is 1. The van der Waals surface area contributed by atoms with Gasteiger partial charge in [0.15, 0.2) is 0 Å². The van der Waals surface area contributed by atoms with Crippen molar-refractivity contribution in [3.8, 4) is 6.07 Å². The average Bonchev–Trinajstić information content (AvgIpc) is 3.44. The van der Waals surface area contributed by atoms with E-state index in [9.17, 15) is 10.1 Å². The third-order valence-corrected chi connectivity index (χ3v) is 8.02. The van der Waals surface area contributed by atoms with E-state index >= 15 is 0 Å². The van der Waals surface area contributed by atoms with E-state index in [0.717, 1.165) is 42.8 Å². The molecule has 1 aromatic carbocycles. The smallest absolute Gasteiger partial charge is 0.239 e. The van der Waals surface area contributed by atoms with E-state index in [0.29, 0.717) is 12.1 Å². The van der Waals surface area contributed by atoms with Crippen molar-refractivity contribution in [1.82, 2.24) is 4.90 Å². The third-order valence-electron chi connectivity index (χ3n) is 5.81. The fraction of sp³-hybridized carbons (Fsp3) is 0.304. The summed E-state index contributed by atoms with van der Waals surface area (Å²) in [5.41, 5.74) is 4.35. The summed E-state index contributed by atoms with van der Waals surface area (Å²) in [6.07, 6.45) is 4.06. The second kappa shape index (κ2) is 7.75. The molecule has 0 unspecified atom stereocenters. The number of anilines is 1. The molecule has 1 atom stereocenters. The van der Waals surface area contributed by atoms with Crippen LogP contribution in [0.1, 0.15) is 44.5 Å². The van der Waals surface area contributed by atoms with E-state index in [1.807, 2.05) is 6.07 Å². The molecule has 146 valence electrons. The van der Waals surface area contributed by atoms with Gasteiger partial charge in [-0.1, -0.05) is 30.3 Å². The lowest BCUT2D eigenvalue weighted by molar-refractivity contribution is -0.117. The summed E-state index contributed by atoms with van der Waals surface area (Å²) in [4.78, 5) is 17.9. The van der Waals surface area contributed by atoms with Crippen LogP contribution in [0, 0.1) is 11.3 Å². The predicted molar refractivity (Wildman–Crippen MR) is 118 cm³/mol. The number of aryl methyl sites for hydroxylation is 1. The first kappa shape index (κ1) is 18.6. The molecule has 0 fully saturated rings. The lowest BCUT2D eigenvalue weighted by Gasteiger charge is -2.35. The number of rotatable bonds is 4. The maximum atomic E-state index is 12.9. The van der Waals surface area contributed by atoms with Crippen molar-refractivity contribution in [2.45, 2.75) is 31.7 Å². The minimum absolute atomic E-state index is 0.0407. The summed E-state index contributed by atoms with van der Waals surface area (Å²) in [6, 6.07) is 15.0. The fourth-order valence-electron chi connectivity index (χ4n) is 4.53. The fourth-order valence-corrected chi connectivity index (χ4v) is 6.69. The standard InChI is InChI=1S/C23H21N3OS2/c24-13-18-16-7-4-8-20(16)29-23(18)25-21(27)14-26-11-9-19-17(10-12-28-19)22(26)15-5-2-1-3-6-15/h1-3,5-6,10,12,22H,4,7-9,11,14H2,(H,25,27)/t22-/m1/s1. The van der Waals surface area contributed by atoms with Crippen molar-refractivity contribution in [3.05, 3.63) is 73.8 Å². The number of thiophene rings is 2.